The van der Waals surface area contributed by atoms with Gasteiger partial charge in [-0.25, -0.2) is 9.97 Å². The van der Waals surface area contributed by atoms with Crippen molar-refractivity contribution >= 4 is 11.7 Å². The van der Waals surface area contributed by atoms with Crippen molar-refractivity contribution in [2.24, 2.45) is 0 Å². The summed E-state index contributed by atoms with van der Waals surface area (Å²) in [4.78, 5) is 27.1. The van der Waals surface area contributed by atoms with Gasteiger partial charge in [0.05, 0.1) is 5.56 Å². The Hall–Kier alpha value is -3.09. The quantitative estimate of drug-likeness (QED) is 0.498. The van der Waals surface area contributed by atoms with Crippen molar-refractivity contribution in [2.45, 2.75) is 18.8 Å². The first kappa shape index (κ1) is 15.4. The van der Waals surface area contributed by atoms with Gasteiger partial charge >= 0.3 is 0 Å². The Kier molecular flexibility index (Phi) is 4.20. The van der Waals surface area contributed by atoms with E-state index in [0.717, 1.165) is 17.3 Å². The molecule has 0 saturated heterocycles. The van der Waals surface area contributed by atoms with E-state index in [1.165, 1.54) is 18.5 Å². The molecule has 0 spiro atoms. The number of nitrogens with zero attached hydrogens (tertiary/aromatic N) is 2. The highest BCUT2D eigenvalue weighted by atomic mass is 16.1. The van der Waals surface area contributed by atoms with E-state index in [0.29, 0.717) is 24.6 Å². The van der Waals surface area contributed by atoms with Gasteiger partial charge in [-0.3, -0.25) is 4.79 Å². The number of pyridine rings is 1. The topological polar surface area (TPSA) is 98.5 Å². The van der Waals surface area contributed by atoms with Gasteiger partial charge in [-0.15, -0.1) is 0 Å². The van der Waals surface area contributed by atoms with Crippen LogP contribution in [0.3, 0.4) is 0 Å². The summed E-state index contributed by atoms with van der Waals surface area (Å²) in [5.74, 6) is 2.11. The molecule has 1 fully saturated rings. The number of imidazole rings is 1. The molecule has 0 bridgehead atoms. The average Bonchev–Trinajstić information content (AvgIpc) is 3.14. The largest absolute Gasteiger partial charge is 0.368 e. The zero-order valence-corrected chi connectivity index (χ0v) is 13.7. The van der Waals surface area contributed by atoms with Crippen molar-refractivity contribution in [1.82, 2.24) is 25.3 Å². The number of carbonyl (C=O) groups is 1. The van der Waals surface area contributed by atoms with Crippen molar-refractivity contribution in [3.63, 3.8) is 0 Å². The number of anilines is 1. The molecule has 1 aliphatic rings. The fourth-order valence-electron chi connectivity index (χ4n) is 2.67. The van der Waals surface area contributed by atoms with E-state index in [4.69, 9.17) is 0 Å². The third-order valence-corrected chi connectivity index (χ3v) is 4.18. The molecule has 25 heavy (non-hydrogen) atoms. The van der Waals surface area contributed by atoms with Crippen LogP contribution in [0.25, 0.3) is 11.5 Å². The number of hydrogen-bond donors (Lipinski definition) is 4. The van der Waals surface area contributed by atoms with Crippen LogP contribution in [-0.2, 0) is 0 Å². The van der Waals surface area contributed by atoms with Gasteiger partial charge in [0.25, 0.3) is 5.91 Å². The van der Waals surface area contributed by atoms with E-state index in [2.05, 4.69) is 30.6 Å². The molecular weight excluding hydrogens is 316 g/mol. The SMILES string of the molecule is O=C(NCCNc1cccc(-c2ncc(C3CC3)[nH]2)n1)c1cc[nH]c1. The molecule has 3 aromatic rings. The number of aromatic nitrogens is 4. The van der Waals surface area contributed by atoms with E-state index in [1.54, 1.807) is 18.5 Å². The number of amides is 1. The average molecular weight is 336 g/mol. The minimum Gasteiger partial charge on any atom is -0.368 e. The van der Waals surface area contributed by atoms with Gasteiger partial charge in [0.15, 0.2) is 5.82 Å². The van der Waals surface area contributed by atoms with Gasteiger partial charge in [-0.2, -0.15) is 0 Å². The lowest BCUT2D eigenvalue weighted by atomic mass is 10.3. The fourth-order valence-corrected chi connectivity index (χ4v) is 2.67. The maximum Gasteiger partial charge on any atom is 0.252 e. The molecule has 7 nitrogen and oxygen atoms in total. The molecular formula is C18H20N6O. The molecule has 1 amide bonds. The van der Waals surface area contributed by atoms with Crippen LogP contribution in [0.5, 0.6) is 0 Å². The van der Waals surface area contributed by atoms with Crippen LogP contribution < -0.4 is 10.6 Å². The molecule has 0 atom stereocenters. The van der Waals surface area contributed by atoms with Crippen LogP contribution >= 0.6 is 0 Å². The number of carbonyl (C=O) groups excluding carboxylic acids is 1. The smallest absolute Gasteiger partial charge is 0.252 e. The number of rotatable bonds is 7. The van der Waals surface area contributed by atoms with Crippen LogP contribution in [0.15, 0.2) is 42.9 Å². The second kappa shape index (κ2) is 6.80. The molecule has 0 radical (unpaired) electrons. The second-order valence-electron chi connectivity index (χ2n) is 6.15. The number of nitrogens with one attached hydrogen (secondary N) is 4. The lowest BCUT2D eigenvalue weighted by molar-refractivity contribution is 0.0955. The molecule has 4 N–H and O–H groups in total. The Balaban J connectivity index is 1.31. The molecule has 0 aromatic carbocycles. The highest BCUT2D eigenvalue weighted by molar-refractivity contribution is 5.93. The molecule has 1 saturated carbocycles. The van der Waals surface area contributed by atoms with Crippen LogP contribution in [0.4, 0.5) is 5.82 Å². The standard InChI is InChI=1S/C18H20N6O/c25-18(13-6-7-19-10-13)21-9-8-20-16-3-1-2-14(23-16)17-22-11-15(24-17)12-4-5-12/h1-3,6-7,10-12,19H,4-5,8-9H2,(H,20,23)(H,21,25)(H,22,24). The molecule has 7 heteroatoms. The first-order valence-electron chi connectivity index (χ1n) is 8.47. The van der Waals surface area contributed by atoms with Crippen LogP contribution in [-0.4, -0.2) is 38.9 Å². The summed E-state index contributed by atoms with van der Waals surface area (Å²) in [7, 11) is 0. The van der Waals surface area contributed by atoms with Gasteiger partial charge in [0.2, 0.25) is 0 Å². The van der Waals surface area contributed by atoms with E-state index in [1.807, 2.05) is 24.4 Å². The lowest BCUT2D eigenvalue weighted by Crippen LogP contribution is -2.28. The molecule has 0 aliphatic heterocycles. The first-order chi connectivity index (χ1) is 12.3. The lowest BCUT2D eigenvalue weighted by Gasteiger charge is -2.07. The van der Waals surface area contributed by atoms with Gasteiger partial charge in [-0.05, 0) is 31.0 Å². The zero-order chi connectivity index (χ0) is 17.1. The molecule has 128 valence electrons. The monoisotopic (exact) mass is 336 g/mol. The van der Waals surface area contributed by atoms with Gasteiger partial charge in [0.1, 0.15) is 11.5 Å². The Bertz CT molecular complexity index is 850. The Morgan fingerprint density at radius 3 is 2.96 bits per heavy atom. The van der Waals surface area contributed by atoms with Gasteiger partial charge in [-0.1, -0.05) is 6.07 Å². The van der Waals surface area contributed by atoms with E-state index < -0.39 is 0 Å². The van der Waals surface area contributed by atoms with E-state index in [9.17, 15) is 4.79 Å². The summed E-state index contributed by atoms with van der Waals surface area (Å²) >= 11 is 0. The summed E-state index contributed by atoms with van der Waals surface area (Å²) in [5.41, 5.74) is 2.64. The third-order valence-electron chi connectivity index (χ3n) is 4.18. The highest BCUT2D eigenvalue weighted by Gasteiger charge is 2.25. The summed E-state index contributed by atoms with van der Waals surface area (Å²) in [6.45, 7) is 1.11. The molecule has 1 aliphatic carbocycles. The third kappa shape index (κ3) is 3.71. The van der Waals surface area contributed by atoms with Crippen molar-refractivity contribution in [2.75, 3.05) is 18.4 Å². The van der Waals surface area contributed by atoms with E-state index >= 15 is 0 Å². The number of aromatic amines is 2. The van der Waals surface area contributed by atoms with Crippen LogP contribution in [0, 0.1) is 0 Å². The second-order valence-corrected chi connectivity index (χ2v) is 6.15. The Morgan fingerprint density at radius 2 is 2.16 bits per heavy atom. The van der Waals surface area contributed by atoms with Gasteiger partial charge < -0.3 is 20.6 Å². The molecule has 0 unspecified atom stereocenters. The van der Waals surface area contributed by atoms with Crippen molar-refractivity contribution in [3.05, 3.63) is 54.1 Å². The molecule has 3 heterocycles. The van der Waals surface area contributed by atoms with E-state index in [-0.39, 0.29) is 5.91 Å². The predicted molar refractivity (Wildman–Crippen MR) is 95.4 cm³/mol. The van der Waals surface area contributed by atoms with Crippen LogP contribution in [0.2, 0.25) is 0 Å². The highest BCUT2D eigenvalue weighted by Crippen LogP contribution is 2.39. The van der Waals surface area contributed by atoms with Crippen molar-refractivity contribution < 1.29 is 4.79 Å². The number of H-pyrrole nitrogens is 2. The summed E-state index contributed by atoms with van der Waals surface area (Å²) in [5, 5.41) is 6.08. The Morgan fingerprint density at radius 1 is 1.24 bits per heavy atom. The molecule has 4 rings (SSSR count). The maximum atomic E-state index is 11.8. The summed E-state index contributed by atoms with van der Waals surface area (Å²) in [6, 6.07) is 7.53. The predicted octanol–water partition coefficient (Wildman–Crippen LogP) is 2.52. The maximum absolute atomic E-state index is 11.8. The minimum atomic E-state index is -0.0899. The number of hydrogen-bond acceptors (Lipinski definition) is 4. The van der Waals surface area contributed by atoms with Crippen molar-refractivity contribution in [1.29, 1.82) is 0 Å². The van der Waals surface area contributed by atoms with Crippen LogP contribution in [0.1, 0.15) is 34.8 Å². The normalized spacial score (nSPS) is 13.6. The molecule has 3 aromatic heterocycles. The van der Waals surface area contributed by atoms with Gasteiger partial charge in [0, 0.05) is 43.3 Å². The summed E-state index contributed by atoms with van der Waals surface area (Å²) < 4.78 is 0. The zero-order valence-electron chi connectivity index (χ0n) is 13.7. The summed E-state index contributed by atoms with van der Waals surface area (Å²) in [6.07, 6.45) is 7.79. The fraction of sp³-hybridized carbons (Fsp3) is 0.278. The first-order valence-corrected chi connectivity index (χ1v) is 8.47. The van der Waals surface area contributed by atoms with Crippen molar-refractivity contribution in [3.8, 4) is 11.5 Å². The Labute approximate surface area is 145 Å². The minimum absolute atomic E-state index is 0.0899.